The van der Waals surface area contributed by atoms with Gasteiger partial charge in [-0.3, -0.25) is 4.90 Å². The third-order valence-corrected chi connectivity index (χ3v) is 4.81. The van der Waals surface area contributed by atoms with Crippen LogP contribution in [0.2, 0.25) is 0 Å². The molecule has 0 saturated carbocycles. The zero-order valence-electron chi connectivity index (χ0n) is 14.0. The minimum atomic E-state index is 0.352. The highest BCUT2D eigenvalue weighted by Crippen LogP contribution is 2.27. The van der Waals surface area contributed by atoms with Crippen molar-refractivity contribution in [1.82, 2.24) is 9.80 Å². The van der Waals surface area contributed by atoms with Gasteiger partial charge in [0.25, 0.3) is 0 Å². The summed E-state index contributed by atoms with van der Waals surface area (Å²) in [6.45, 7) is 10.9. The number of piperazine rings is 1. The van der Waals surface area contributed by atoms with Crippen molar-refractivity contribution in [3.05, 3.63) is 35.4 Å². The molecule has 1 aromatic carbocycles. The van der Waals surface area contributed by atoms with E-state index in [1.54, 1.807) is 0 Å². The van der Waals surface area contributed by atoms with Crippen molar-refractivity contribution in [2.75, 3.05) is 33.2 Å². The number of nitrogens with two attached hydrogens (primary N) is 1. The minimum absolute atomic E-state index is 0.352. The van der Waals surface area contributed by atoms with E-state index in [9.17, 15) is 0 Å². The fourth-order valence-electron chi connectivity index (χ4n) is 3.36. The molecule has 1 heterocycles. The maximum absolute atomic E-state index is 6.13. The number of likely N-dealkylation sites (N-methyl/N-ethyl adjacent to an activating group) is 1. The van der Waals surface area contributed by atoms with Gasteiger partial charge in [-0.1, -0.05) is 45.0 Å². The molecule has 2 rings (SSSR count). The molecule has 2 N–H and O–H groups in total. The average molecular weight is 289 g/mol. The number of rotatable bonds is 5. The summed E-state index contributed by atoms with van der Waals surface area (Å²) in [6.07, 6.45) is 1.19. The Morgan fingerprint density at radius 1 is 1.14 bits per heavy atom. The Labute approximate surface area is 130 Å². The smallest absolute Gasteiger partial charge is 0.0474 e. The van der Waals surface area contributed by atoms with Gasteiger partial charge in [0.2, 0.25) is 0 Å². The summed E-state index contributed by atoms with van der Waals surface area (Å²) in [4.78, 5) is 5.05. The summed E-state index contributed by atoms with van der Waals surface area (Å²) < 4.78 is 0. The molecule has 118 valence electrons. The van der Waals surface area contributed by atoms with E-state index < -0.39 is 0 Å². The standard InChI is InChI=1S/C18H31N3/c1-5-17-13-20(4)10-11-21(17)18(12-19)16-8-6-15(7-9-16)14(2)3/h6-9,14,17-18H,5,10-13,19H2,1-4H3. The van der Waals surface area contributed by atoms with Crippen molar-refractivity contribution < 1.29 is 0 Å². The van der Waals surface area contributed by atoms with Crippen LogP contribution >= 0.6 is 0 Å². The van der Waals surface area contributed by atoms with Crippen molar-refractivity contribution in [3.8, 4) is 0 Å². The van der Waals surface area contributed by atoms with Crippen LogP contribution < -0.4 is 5.73 Å². The molecule has 0 spiro atoms. The Morgan fingerprint density at radius 2 is 1.76 bits per heavy atom. The van der Waals surface area contributed by atoms with E-state index in [0.717, 1.165) is 19.6 Å². The summed E-state index contributed by atoms with van der Waals surface area (Å²) in [5.41, 5.74) is 8.90. The first-order chi connectivity index (χ1) is 10.1. The van der Waals surface area contributed by atoms with Gasteiger partial charge in [-0.25, -0.2) is 0 Å². The monoisotopic (exact) mass is 289 g/mol. The molecule has 2 unspecified atom stereocenters. The summed E-state index contributed by atoms with van der Waals surface area (Å²) in [5, 5.41) is 0. The molecule has 0 radical (unpaired) electrons. The van der Waals surface area contributed by atoms with Crippen molar-refractivity contribution in [2.24, 2.45) is 5.73 Å². The second-order valence-electron chi connectivity index (χ2n) is 6.64. The van der Waals surface area contributed by atoms with Crippen LogP contribution in [0.5, 0.6) is 0 Å². The molecule has 21 heavy (non-hydrogen) atoms. The third-order valence-electron chi connectivity index (χ3n) is 4.81. The van der Waals surface area contributed by atoms with Crippen LogP contribution in [0.4, 0.5) is 0 Å². The van der Waals surface area contributed by atoms with Gasteiger partial charge in [0.05, 0.1) is 0 Å². The van der Waals surface area contributed by atoms with Gasteiger partial charge in [-0.15, -0.1) is 0 Å². The molecular formula is C18H31N3. The molecule has 1 aromatic rings. The van der Waals surface area contributed by atoms with Gasteiger partial charge in [0, 0.05) is 38.3 Å². The normalized spacial score (nSPS) is 22.7. The topological polar surface area (TPSA) is 32.5 Å². The Morgan fingerprint density at radius 3 is 2.29 bits per heavy atom. The van der Waals surface area contributed by atoms with Crippen molar-refractivity contribution >= 4 is 0 Å². The van der Waals surface area contributed by atoms with Crippen LogP contribution in [-0.2, 0) is 0 Å². The van der Waals surface area contributed by atoms with Gasteiger partial charge in [0.15, 0.2) is 0 Å². The van der Waals surface area contributed by atoms with E-state index in [-0.39, 0.29) is 0 Å². The molecule has 3 heteroatoms. The molecule has 1 aliphatic heterocycles. The van der Waals surface area contributed by atoms with Crippen LogP contribution in [0.1, 0.15) is 50.3 Å². The zero-order valence-corrected chi connectivity index (χ0v) is 14.0. The fourth-order valence-corrected chi connectivity index (χ4v) is 3.36. The summed E-state index contributed by atoms with van der Waals surface area (Å²) in [6, 6.07) is 10.0. The first kappa shape index (κ1) is 16.5. The average Bonchev–Trinajstić information content (AvgIpc) is 2.49. The first-order valence-corrected chi connectivity index (χ1v) is 8.31. The zero-order chi connectivity index (χ0) is 15.4. The molecule has 1 fully saturated rings. The number of nitrogens with zero attached hydrogens (tertiary/aromatic N) is 2. The minimum Gasteiger partial charge on any atom is -0.329 e. The van der Waals surface area contributed by atoms with Crippen LogP contribution in [0.3, 0.4) is 0 Å². The Hall–Kier alpha value is -0.900. The predicted molar refractivity (Wildman–Crippen MR) is 90.6 cm³/mol. The van der Waals surface area contributed by atoms with Gasteiger partial charge in [0.1, 0.15) is 0 Å². The van der Waals surface area contributed by atoms with Gasteiger partial charge in [-0.05, 0) is 30.5 Å². The molecule has 0 aliphatic carbocycles. The van der Waals surface area contributed by atoms with Crippen LogP contribution in [0, 0.1) is 0 Å². The quantitative estimate of drug-likeness (QED) is 0.904. The number of benzene rings is 1. The van der Waals surface area contributed by atoms with Crippen LogP contribution in [0.15, 0.2) is 24.3 Å². The highest BCUT2D eigenvalue weighted by molar-refractivity contribution is 5.27. The van der Waals surface area contributed by atoms with E-state index in [1.165, 1.54) is 17.5 Å². The summed E-state index contributed by atoms with van der Waals surface area (Å²) >= 11 is 0. The Kier molecular flexibility index (Phi) is 5.80. The SMILES string of the molecule is CCC1CN(C)CCN1C(CN)c1ccc(C(C)C)cc1. The predicted octanol–water partition coefficient (Wildman–Crippen LogP) is 2.84. The van der Waals surface area contributed by atoms with E-state index >= 15 is 0 Å². The second kappa shape index (κ2) is 7.39. The van der Waals surface area contributed by atoms with Crippen molar-refractivity contribution in [2.45, 2.75) is 45.2 Å². The molecule has 3 nitrogen and oxygen atoms in total. The van der Waals surface area contributed by atoms with Crippen LogP contribution in [-0.4, -0.2) is 49.1 Å². The molecule has 1 aliphatic rings. The van der Waals surface area contributed by atoms with E-state index in [1.807, 2.05) is 0 Å². The van der Waals surface area contributed by atoms with E-state index in [0.29, 0.717) is 24.5 Å². The van der Waals surface area contributed by atoms with Crippen molar-refractivity contribution in [1.29, 1.82) is 0 Å². The van der Waals surface area contributed by atoms with Gasteiger partial charge in [-0.2, -0.15) is 0 Å². The molecule has 0 bridgehead atoms. The Balaban J connectivity index is 2.18. The fraction of sp³-hybridized carbons (Fsp3) is 0.667. The molecule has 2 atom stereocenters. The molecule has 1 saturated heterocycles. The maximum Gasteiger partial charge on any atom is 0.0474 e. The first-order valence-electron chi connectivity index (χ1n) is 8.31. The lowest BCUT2D eigenvalue weighted by molar-refractivity contribution is 0.0521. The largest absolute Gasteiger partial charge is 0.329 e. The van der Waals surface area contributed by atoms with Crippen LogP contribution in [0.25, 0.3) is 0 Å². The lowest BCUT2D eigenvalue weighted by atomic mass is 9.96. The highest BCUT2D eigenvalue weighted by Gasteiger charge is 2.29. The number of hydrogen-bond acceptors (Lipinski definition) is 3. The molecular weight excluding hydrogens is 258 g/mol. The number of hydrogen-bond donors (Lipinski definition) is 1. The third kappa shape index (κ3) is 3.85. The van der Waals surface area contributed by atoms with Gasteiger partial charge < -0.3 is 10.6 Å². The summed E-state index contributed by atoms with van der Waals surface area (Å²) in [7, 11) is 2.22. The van der Waals surface area contributed by atoms with Crippen molar-refractivity contribution in [3.63, 3.8) is 0 Å². The lowest BCUT2D eigenvalue weighted by Gasteiger charge is -2.44. The molecule has 0 amide bonds. The molecule has 0 aromatic heterocycles. The summed E-state index contributed by atoms with van der Waals surface area (Å²) in [5.74, 6) is 0.586. The van der Waals surface area contributed by atoms with E-state index in [2.05, 4.69) is 61.9 Å². The Bertz CT molecular complexity index is 427. The second-order valence-corrected chi connectivity index (χ2v) is 6.64. The lowest BCUT2D eigenvalue weighted by Crippen LogP contribution is -2.53. The maximum atomic E-state index is 6.13. The van der Waals surface area contributed by atoms with Gasteiger partial charge >= 0.3 is 0 Å². The van der Waals surface area contributed by atoms with E-state index in [4.69, 9.17) is 5.73 Å². The highest BCUT2D eigenvalue weighted by atomic mass is 15.3.